The Labute approximate surface area is 142 Å². The van der Waals surface area contributed by atoms with Crippen molar-refractivity contribution in [2.75, 3.05) is 25.1 Å². The van der Waals surface area contributed by atoms with Gasteiger partial charge in [-0.15, -0.1) is 0 Å². The van der Waals surface area contributed by atoms with E-state index in [4.69, 9.17) is 4.74 Å². The third kappa shape index (κ3) is 3.73. The number of nitrogens with zero attached hydrogens (tertiary/aromatic N) is 2. The average molecular weight is 329 g/mol. The second-order valence-corrected chi connectivity index (χ2v) is 6.43. The van der Waals surface area contributed by atoms with Crippen LogP contribution in [-0.4, -0.2) is 29.7 Å². The lowest BCUT2D eigenvalue weighted by molar-refractivity contribution is 0.0543. The van der Waals surface area contributed by atoms with Gasteiger partial charge >= 0.3 is 0 Å². The largest absolute Gasteiger partial charge is 0.381 e. The topological polar surface area (TPSA) is 47.0 Å². The summed E-state index contributed by atoms with van der Waals surface area (Å²) >= 11 is 0. The van der Waals surface area contributed by atoms with Crippen LogP contribution in [0.2, 0.25) is 0 Å². The highest BCUT2D eigenvalue weighted by Crippen LogP contribution is 2.35. The van der Waals surface area contributed by atoms with Gasteiger partial charge in [0, 0.05) is 36.6 Å². The van der Waals surface area contributed by atoms with Crippen LogP contribution in [0.25, 0.3) is 0 Å². The van der Waals surface area contributed by atoms with E-state index in [1.54, 1.807) is 0 Å². The lowest BCUT2D eigenvalue weighted by Gasteiger charge is -2.38. The second-order valence-electron chi connectivity index (χ2n) is 6.43. The highest BCUT2D eigenvalue weighted by Gasteiger charge is 2.34. The zero-order chi connectivity index (χ0) is 17.0. The first-order chi connectivity index (χ1) is 11.6. The van der Waals surface area contributed by atoms with E-state index in [9.17, 15) is 4.39 Å². The zero-order valence-electron chi connectivity index (χ0n) is 14.3. The molecule has 1 aromatic carbocycles. The summed E-state index contributed by atoms with van der Waals surface area (Å²) in [6.07, 6.45) is 2.69. The molecule has 1 saturated heterocycles. The third-order valence-corrected chi connectivity index (χ3v) is 4.76. The molecule has 1 aromatic heterocycles. The first kappa shape index (κ1) is 16.8. The maximum absolute atomic E-state index is 13.3. The van der Waals surface area contributed by atoms with Gasteiger partial charge in [0.25, 0.3) is 0 Å². The summed E-state index contributed by atoms with van der Waals surface area (Å²) in [6, 6.07) is 8.85. The van der Waals surface area contributed by atoms with Crippen LogP contribution in [0.5, 0.6) is 0 Å². The van der Waals surface area contributed by atoms with E-state index in [0.717, 1.165) is 36.2 Å². The van der Waals surface area contributed by atoms with Crippen LogP contribution >= 0.6 is 0 Å². The fraction of sp³-hybridized carbons (Fsp3) is 0.474. The van der Waals surface area contributed by atoms with Crippen molar-refractivity contribution in [2.45, 2.75) is 38.5 Å². The van der Waals surface area contributed by atoms with Crippen LogP contribution in [0.3, 0.4) is 0 Å². The summed E-state index contributed by atoms with van der Waals surface area (Å²) in [5, 5.41) is 3.41. The predicted molar refractivity (Wildman–Crippen MR) is 92.8 cm³/mol. The summed E-state index contributed by atoms with van der Waals surface area (Å²) < 4.78 is 18.8. The lowest BCUT2D eigenvalue weighted by Crippen LogP contribution is -2.40. The molecule has 128 valence electrons. The van der Waals surface area contributed by atoms with Crippen LogP contribution in [0.4, 0.5) is 10.3 Å². The minimum Gasteiger partial charge on any atom is -0.381 e. The van der Waals surface area contributed by atoms with E-state index in [2.05, 4.69) is 22.2 Å². The highest BCUT2D eigenvalue weighted by molar-refractivity contribution is 5.33. The molecule has 0 atom stereocenters. The Kier molecular flexibility index (Phi) is 5.09. The molecule has 24 heavy (non-hydrogen) atoms. The van der Waals surface area contributed by atoms with Crippen molar-refractivity contribution < 1.29 is 9.13 Å². The minimum atomic E-state index is -0.205. The maximum Gasteiger partial charge on any atom is 0.223 e. The molecule has 3 rings (SSSR count). The average Bonchev–Trinajstić information content (AvgIpc) is 2.61. The van der Waals surface area contributed by atoms with Gasteiger partial charge < -0.3 is 10.1 Å². The van der Waals surface area contributed by atoms with Crippen molar-refractivity contribution in [3.05, 3.63) is 53.1 Å². The van der Waals surface area contributed by atoms with Gasteiger partial charge in [0.05, 0.1) is 0 Å². The Morgan fingerprint density at radius 2 is 1.88 bits per heavy atom. The zero-order valence-corrected chi connectivity index (χ0v) is 14.3. The van der Waals surface area contributed by atoms with Crippen LogP contribution in [0.1, 0.15) is 36.7 Å². The van der Waals surface area contributed by atoms with Gasteiger partial charge in [0.15, 0.2) is 0 Å². The number of nitrogens with one attached hydrogen (secondary N) is 1. The summed E-state index contributed by atoms with van der Waals surface area (Å²) in [7, 11) is 0. The second kappa shape index (κ2) is 7.26. The molecule has 5 heteroatoms. The smallest absolute Gasteiger partial charge is 0.223 e. The molecule has 0 spiro atoms. The Hall–Kier alpha value is -2.01. The molecule has 4 nitrogen and oxygen atoms in total. The number of hydrogen-bond acceptors (Lipinski definition) is 4. The molecule has 1 fully saturated rings. The van der Waals surface area contributed by atoms with Gasteiger partial charge in [-0.3, -0.25) is 0 Å². The number of halogens is 1. The fourth-order valence-electron chi connectivity index (χ4n) is 3.28. The van der Waals surface area contributed by atoms with Crippen LogP contribution in [0.15, 0.2) is 30.3 Å². The van der Waals surface area contributed by atoms with E-state index in [1.807, 2.05) is 25.1 Å². The predicted octanol–water partition coefficient (Wildman–Crippen LogP) is 3.65. The number of anilines is 1. The SMILES string of the molecule is CCc1cc(C)nc(NCC2(c3ccc(F)cc3)CCOCC2)n1. The minimum absolute atomic E-state index is 0.0779. The Morgan fingerprint density at radius 3 is 2.54 bits per heavy atom. The molecule has 1 N–H and O–H groups in total. The Balaban J connectivity index is 1.82. The number of aryl methyl sites for hydroxylation is 2. The molecule has 0 bridgehead atoms. The van der Waals surface area contributed by atoms with E-state index in [0.29, 0.717) is 25.7 Å². The van der Waals surface area contributed by atoms with Crippen molar-refractivity contribution in [1.29, 1.82) is 0 Å². The number of benzene rings is 1. The number of aromatic nitrogens is 2. The van der Waals surface area contributed by atoms with E-state index in [1.165, 1.54) is 12.1 Å². The molecule has 0 amide bonds. The van der Waals surface area contributed by atoms with E-state index >= 15 is 0 Å². The maximum atomic E-state index is 13.3. The molecule has 1 aliphatic heterocycles. The molecule has 0 aliphatic carbocycles. The molecule has 0 radical (unpaired) electrons. The quantitative estimate of drug-likeness (QED) is 0.909. The molecular weight excluding hydrogens is 305 g/mol. The van der Waals surface area contributed by atoms with Gasteiger partial charge in [0.1, 0.15) is 5.82 Å². The molecule has 2 heterocycles. The van der Waals surface area contributed by atoms with Crippen molar-refractivity contribution in [3.63, 3.8) is 0 Å². The Bertz CT molecular complexity index is 682. The normalized spacial score (nSPS) is 16.8. The van der Waals surface area contributed by atoms with Gasteiger partial charge in [-0.1, -0.05) is 19.1 Å². The summed E-state index contributed by atoms with van der Waals surface area (Å²) in [4.78, 5) is 9.05. The van der Waals surface area contributed by atoms with Crippen molar-refractivity contribution >= 4 is 5.95 Å². The summed E-state index contributed by atoms with van der Waals surface area (Å²) in [5.74, 6) is 0.461. The van der Waals surface area contributed by atoms with Gasteiger partial charge in [-0.2, -0.15) is 0 Å². The van der Waals surface area contributed by atoms with Crippen LogP contribution in [-0.2, 0) is 16.6 Å². The van der Waals surface area contributed by atoms with Gasteiger partial charge in [-0.05, 0) is 49.9 Å². The monoisotopic (exact) mass is 329 g/mol. The highest BCUT2D eigenvalue weighted by atomic mass is 19.1. The lowest BCUT2D eigenvalue weighted by atomic mass is 9.74. The fourth-order valence-corrected chi connectivity index (χ4v) is 3.28. The van der Waals surface area contributed by atoms with Gasteiger partial charge in [0.2, 0.25) is 5.95 Å². The standard InChI is InChI=1S/C19H24FN3O/c1-3-17-12-14(2)22-18(23-17)21-13-19(8-10-24-11-9-19)15-4-6-16(20)7-5-15/h4-7,12H,3,8-11,13H2,1-2H3,(H,21,22,23). The summed E-state index contributed by atoms with van der Waals surface area (Å²) in [5.41, 5.74) is 3.06. The van der Waals surface area contributed by atoms with Gasteiger partial charge in [-0.25, -0.2) is 14.4 Å². The molecule has 1 aliphatic rings. The van der Waals surface area contributed by atoms with E-state index < -0.39 is 0 Å². The molecular formula is C19H24FN3O. The molecule has 2 aromatic rings. The molecule has 0 unspecified atom stereocenters. The first-order valence-electron chi connectivity index (χ1n) is 8.53. The van der Waals surface area contributed by atoms with Crippen LogP contribution < -0.4 is 5.32 Å². The number of hydrogen-bond donors (Lipinski definition) is 1. The number of rotatable bonds is 5. The van der Waals surface area contributed by atoms with Crippen molar-refractivity contribution in [3.8, 4) is 0 Å². The van der Waals surface area contributed by atoms with Crippen molar-refractivity contribution in [1.82, 2.24) is 9.97 Å². The first-order valence-corrected chi connectivity index (χ1v) is 8.53. The molecule has 0 saturated carbocycles. The van der Waals surface area contributed by atoms with Crippen molar-refractivity contribution in [2.24, 2.45) is 0 Å². The number of ether oxygens (including phenoxy) is 1. The Morgan fingerprint density at radius 1 is 1.17 bits per heavy atom. The van der Waals surface area contributed by atoms with Crippen LogP contribution in [0, 0.1) is 12.7 Å². The summed E-state index contributed by atoms with van der Waals surface area (Å²) in [6.45, 7) is 6.22. The van der Waals surface area contributed by atoms with E-state index in [-0.39, 0.29) is 11.2 Å². The third-order valence-electron chi connectivity index (χ3n) is 4.76.